The number of anilines is 2. The van der Waals surface area contributed by atoms with Crippen LogP contribution in [0.4, 0.5) is 20.3 Å². The molecule has 0 bridgehead atoms. The van der Waals surface area contributed by atoms with Gasteiger partial charge in [-0.1, -0.05) is 0 Å². The van der Waals surface area contributed by atoms with Gasteiger partial charge in [0.2, 0.25) is 0 Å². The molecule has 9 heteroatoms. The highest BCUT2D eigenvalue weighted by atomic mass is 32.1. The average molecular weight is 339 g/mol. The predicted octanol–water partition coefficient (Wildman–Crippen LogP) is 2.77. The summed E-state index contributed by atoms with van der Waals surface area (Å²) in [7, 11) is 0. The van der Waals surface area contributed by atoms with Crippen LogP contribution in [0.3, 0.4) is 0 Å². The largest absolute Gasteiger partial charge is 0.395 e. The summed E-state index contributed by atoms with van der Waals surface area (Å²) in [6.45, 7) is -0.136. The number of nitrogens with one attached hydrogen (secondary N) is 3. The average Bonchev–Trinajstić information content (AvgIpc) is 3.18. The molecule has 4 N–H and O–H groups in total. The highest BCUT2D eigenvalue weighted by Gasteiger charge is 2.13. The molecule has 0 spiro atoms. The maximum Gasteiger partial charge on any atom is 0.255 e. The zero-order valence-electron chi connectivity index (χ0n) is 12.0. The first-order chi connectivity index (χ1) is 11.2. The van der Waals surface area contributed by atoms with Gasteiger partial charge in [-0.2, -0.15) is 5.10 Å². The molecule has 3 heterocycles. The molecule has 0 aromatic carbocycles. The highest BCUT2D eigenvalue weighted by molar-refractivity contribution is 7.22. The fourth-order valence-corrected chi connectivity index (χ4v) is 3.20. The number of aliphatic hydroxyl groups is 1. The lowest BCUT2D eigenvalue weighted by molar-refractivity contribution is 0.163. The summed E-state index contributed by atoms with van der Waals surface area (Å²) in [6, 6.07) is 5.39. The quantitative estimate of drug-likeness (QED) is 0.532. The van der Waals surface area contributed by atoms with Crippen LogP contribution in [0.1, 0.15) is 0 Å². The minimum Gasteiger partial charge on any atom is -0.395 e. The Hall–Kier alpha value is -2.26. The maximum absolute atomic E-state index is 12.5. The Morgan fingerprint density at radius 1 is 1.30 bits per heavy atom. The minimum absolute atomic E-state index is 0.0391. The van der Waals surface area contributed by atoms with Crippen molar-refractivity contribution in [2.45, 2.75) is 6.43 Å². The first kappa shape index (κ1) is 15.6. The first-order valence-corrected chi connectivity index (χ1v) is 7.80. The van der Waals surface area contributed by atoms with Crippen LogP contribution in [0, 0.1) is 0 Å². The van der Waals surface area contributed by atoms with Crippen LogP contribution in [-0.2, 0) is 0 Å². The molecule has 0 radical (unpaired) electrons. The molecule has 122 valence electrons. The summed E-state index contributed by atoms with van der Waals surface area (Å²) >= 11 is 1.45. The van der Waals surface area contributed by atoms with Gasteiger partial charge >= 0.3 is 0 Å². The molecule has 0 saturated heterocycles. The molecule has 0 aliphatic heterocycles. The van der Waals surface area contributed by atoms with Crippen molar-refractivity contribution in [1.82, 2.24) is 15.2 Å². The molecule has 3 rings (SSSR count). The Morgan fingerprint density at radius 2 is 2.17 bits per heavy atom. The summed E-state index contributed by atoms with van der Waals surface area (Å²) in [4.78, 5) is 5.38. The molecule has 0 fully saturated rings. The van der Waals surface area contributed by atoms with Crippen LogP contribution in [0.2, 0.25) is 0 Å². The number of aromatic nitrogens is 3. The summed E-state index contributed by atoms with van der Waals surface area (Å²) in [5.41, 5.74) is 2.13. The second-order valence-corrected chi connectivity index (χ2v) is 5.82. The number of H-pyrrole nitrogens is 1. The van der Waals surface area contributed by atoms with E-state index in [2.05, 4.69) is 25.8 Å². The molecule has 3 aromatic rings. The van der Waals surface area contributed by atoms with E-state index in [1.165, 1.54) is 11.3 Å². The Kier molecular flexibility index (Phi) is 4.68. The number of halogens is 2. The Balaban J connectivity index is 2.01. The van der Waals surface area contributed by atoms with Crippen LogP contribution >= 0.6 is 11.3 Å². The van der Waals surface area contributed by atoms with E-state index < -0.39 is 13.0 Å². The van der Waals surface area contributed by atoms with Crippen LogP contribution in [-0.4, -0.2) is 46.4 Å². The summed E-state index contributed by atoms with van der Waals surface area (Å²) in [5, 5.41) is 21.4. The van der Waals surface area contributed by atoms with Gasteiger partial charge in [0.1, 0.15) is 5.82 Å². The molecule has 3 aromatic heterocycles. The zero-order chi connectivity index (χ0) is 16.2. The number of alkyl halides is 2. The van der Waals surface area contributed by atoms with E-state index in [9.17, 15) is 8.78 Å². The smallest absolute Gasteiger partial charge is 0.255 e. The van der Waals surface area contributed by atoms with Crippen molar-refractivity contribution >= 4 is 33.1 Å². The van der Waals surface area contributed by atoms with Crippen LogP contribution in [0.15, 0.2) is 24.4 Å². The van der Waals surface area contributed by atoms with Gasteiger partial charge in [-0.3, -0.25) is 5.10 Å². The molecule has 0 saturated carbocycles. The van der Waals surface area contributed by atoms with Gasteiger partial charge in [0, 0.05) is 18.8 Å². The van der Waals surface area contributed by atoms with Crippen LogP contribution in [0.25, 0.3) is 20.8 Å². The van der Waals surface area contributed by atoms with E-state index in [0.717, 1.165) is 15.3 Å². The molecular formula is C14H15F2N5OS. The van der Waals surface area contributed by atoms with Crippen molar-refractivity contribution in [2.24, 2.45) is 0 Å². The van der Waals surface area contributed by atoms with Crippen molar-refractivity contribution in [1.29, 1.82) is 0 Å². The third-order valence-electron chi connectivity index (χ3n) is 3.11. The van der Waals surface area contributed by atoms with Gasteiger partial charge in [-0.25, -0.2) is 13.8 Å². The van der Waals surface area contributed by atoms with Crippen molar-refractivity contribution in [3.05, 3.63) is 24.4 Å². The standard InChI is InChI=1S/C14H15F2N5OS/c15-12(16)7-18-9-6-13(17-3-4-22)20-10-5-11(23-14(9)10)8-1-2-19-21-8/h1-2,5-6,12,22H,3-4,7H2,(H,19,21)(H2,17,18,20). The van der Waals surface area contributed by atoms with E-state index in [-0.39, 0.29) is 6.61 Å². The number of fused-ring (bicyclic) bond motifs is 1. The molecule has 23 heavy (non-hydrogen) atoms. The summed E-state index contributed by atoms with van der Waals surface area (Å²) in [5.74, 6) is 0.525. The summed E-state index contributed by atoms with van der Waals surface area (Å²) < 4.78 is 25.8. The second kappa shape index (κ2) is 6.88. The minimum atomic E-state index is -2.45. The van der Waals surface area contributed by atoms with Crippen molar-refractivity contribution < 1.29 is 13.9 Å². The Bertz CT molecular complexity index is 775. The van der Waals surface area contributed by atoms with Crippen molar-refractivity contribution in [3.63, 3.8) is 0 Å². The molecule has 0 aliphatic rings. The molecule has 0 aliphatic carbocycles. The predicted molar refractivity (Wildman–Crippen MR) is 87.3 cm³/mol. The van der Waals surface area contributed by atoms with Gasteiger partial charge in [0.25, 0.3) is 6.43 Å². The maximum atomic E-state index is 12.5. The SMILES string of the molecule is OCCNc1cc(NCC(F)F)c2sc(-c3ccn[nH]3)cc2n1. The van der Waals surface area contributed by atoms with E-state index in [4.69, 9.17) is 5.11 Å². The number of hydrogen-bond donors (Lipinski definition) is 4. The van der Waals surface area contributed by atoms with Crippen molar-refractivity contribution in [2.75, 3.05) is 30.3 Å². The van der Waals surface area contributed by atoms with Gasteiger partial charge in [-0.15, -0.1) is 11.3 Å². The molecule has 6 nitrogen and oxygen atoms in total. The molecular weight excluding hydrogens is 324 g/mol. The third-order valence-corrected chi connectivity index (χ3v) is 4.30. The Morgan fingerprint density at radius 3 is 2.87 bits per heavy atom. The number of rotatable bonds is 7. The van der Waals surface area contributed by atoms with Gasteiger partial charge < -0.3 is 15.7 Å². The lowest BCUT2D eigenvalue weighted by atomic mass is 10.3. The number of nitrogens with zero attached hydrogens (tertiary/aromatic N) is 2. The lowest BCUT2D eigenvalue weighted by Crippen LogP contribution is -2.11. The fourth-order valence-electron chi connectivity index (χ4n) is 2.14. The Labute approximate surface area is 134 Å². The highest BCUT2D eigenvalue weighted by Crippen LogP contribution is 2.37. The van der Waals surface area contributed by atoms with E-state index >= 15 is 0 Å². The molecule has 0 amide bonds. The monoisotopic (exact) mass is 339 g/mol. The fraction of sp³-hybridized carbons (Fsp3) is 0.286. The topological polar surface area (TPSA) is 85.9 Å². The summed E-state index contributed by atoms with van der Waals surface area (Å²) in [6.07, 6.45) is -0.795. The molecule has 0 atom stereocenters. The number of aliphatic hydroxyl groups excluding tert-OH is 1. The zero-order valence-corrected chi connectivity index (χ0v) is 12.8. The third kappa shape index (κ3) is 3.57. The lowest BCUT2D eigenvalue weighted by Gasteiger charge is -2.10. The van der Waals surface area contributed by atoms with E-state index in [1.54, 1.807) is 12.3 Å². The van der Waals surface area contributed by atoms with E-state index in [0.29, 0.717) is 23.6 Å². The van der Waals surface area contributed by atoms with Crippen LogP contribution < -0.4 is 10.6 Å². The van der Waals surface area contributed by atoms with Gasteiger partial charge in [-0.05, 0) is 12.1 Å². The number of aromatic amines is 1. The van der Waals surface area contributed by atoms with Gasteiger partial charge in [0.05, 0.1) is 39.6 Å². The first-order valence-electron chi connectivity index (χ1n) is 6.98. The van der Waals surface area contributed by atoms with Crippen LogP contribution in [0.5, 0.6) is 0 Å². The second-order valence-electron chi connectivity index (χ2n) is 4.77. The normalized spacial score (nSPS) is 11.3. The number of thiophene rings is 1. The van der Waals surface area contributed by atoms with Crippen molar-refractivity contribution in [3.8, 4) is 10.6 Å². The number of pyridine rings is 1. The number of hydrogen-bond acceptors (Lipinski definition) is 6. The molecule has 0 unspecified atom stereocenters. The van der Waals surface area contributed by atoms with E-state index in [1.807, 2.05) is 12.1 Å². The van der Waals surface area contributed by atoms with Gasteiger partial charge in [0.15, 0.2) is 0 Å².